The van der Waals surface area contributed by atoms with E-state index >= 15 is 0 Å². The second-order valence-corrected chi connectivity index (χ2v) is 5.14. The Labute approximate surface area is 117 Å². The van der Waals surface area contributed by atoms with Gasteiger partial charge in [-0.25, -0.2) is 0 Å². The maximum atomic E-state index is 11.9. The molecule has 1 saturated carbocycles. The van der Waals surface area contributed by atoms with E-state index in [1.807, 2.05) is 24.3 Å². The summed E-state index contributed by atoms with van der Waals surface area (Å²) in [5, 5.41) is 9.93. The molecule has 1 aliphatic rings. The van der Waals surface area contributed by atoms with E-state index in [0.29, 0.717) is 11.7 Å². The average Bonchev–Trinajstić information content (AvgIpc) is 3.18. The first-order chi connectivity index (χ1) is 9.70. The van der Waals surface area contributed by atoms with Gasteiger partial charge in [-0.2, -0.15) is 0 Å². The van der Waals surface area contributed by atoms with Crippen LogP contribution >= 0.6 is 0 Å². The van der Waals surface area contributed by atoms with Crippen molar-refractivity contribution in [2.45, 2.75) is 32.4 Å². The molecule has 5 heteroatoms. The molecule has 0 bridgehead atoms. The smallest absolute Gasteiger partial charge is 0.294 e. The molecule has 0 spiro atoms. The number of nitrogens with zero attached hydrogens (tertiary/aromatic N) is 1. The summed E-state index contributed by atoms with van der Waals surface area (Å²) < 4.78 is 4.92. The molecule has 5 nitrogen and oxygen atoms in total. The van der Waals surface area contributed by atoms with Crippen molar-refractivity contribution in [3.8, 4) is 0 Å². The van der Waals surface area contributed by atoms with Gasteiger partial charge in [-0.3, -0.25) is 4.79 Å². The third kappa shape index (κ3) is 3.24. The fourth-order valence-corrected chi connectivity index (χ4v) is 1.92. The van der Waals surface area contributed by atoms with Gasteiger partial charge in [-0.1, -0.05) is 17.3 Å². The topological polar surface area (TPSA) is 67.2 Å². The molecule has 104 valence electrons. The summed E-state index contributed by atoms with van der Waals surface area (Å²) in [6.07, 6.45) is 2.56. The van der Waals surface area contributed by atoms with Crippen LogP contribution in [0, 0.1) is 6.92 Å². The highest BCUT2D eigenvalue weighted by molar-refractivity contribution is 6.02. The highest BCUT2D eigenvalue weighted by atomic mass is 16.5. The van der Waals surface area contributed by atoms with E-state index in [0.717, 1.165) is 12.2 Å². The normalized spacial score (nSPS) is 14.2. The summed E-state index contributed by atoms with van der Waals surface area (Å²) >= 11 is 0. The van der Waals surface area contributed by atoms with Crippen LogP contribution in [-0.2, 0) is 6.54 Å². The zero-order valence-corrected chi connectivity index (χ0v) is 11.3. The van der Waals surface area contributed by atoms with Crippen LogP contribution in [0.1, 0.15) is 34.7 Å². The number of nitrogens with one attached hydrogen (secondary N) is 2. The molecule has 0 unspecified atom stereocenters. The third-order valence-electron chi connectivity index (χ3n) is 3.24. The third-order valence-corrected chi connectivity index (χ3v) is 3.24. The molecule has 1 aliphatic carbocycles. The van der Waals surface area contributed by atoms with E-state index in [1.165, 1.54) is 18.4 Å². The molecule has 0 radical (unpaired) electrons. The van der Waals surface area contributed by atoms with Crippen molar-refractivity contribution in [1.82, 2.24) is 10.5 Å². The van der Waals surface area contributed by atoms with Crippen LogP contribution in [-0.4, -0.2) is 17.1 Å². The number of aryl methyl sites for hydroxylation is 1. The molecular weight excluding hydrogens is 254 g/mol. The molecular formula is C15H17N3O2. The Morgan fingerprint density at radius 2 is 2.10 bits per heavy atom. The van der Waals surface area contributed by atoms with E-state index in [2.05, 4.69) is 15.8 Å². The Hall–Kier alpha value is -2.14. The number of carbonyl (C=O) groups is 1. The van der Waals surface area contributed by atoms with Gasteiger partial charge in [-0.05, 0) is 37.5 Å². The number of anilines is 1. The largest absolute Gasteiger partial charge is 0.351 e. The average molecular weight is 271 g/mol. The van der Waals surface area contributed by atoms with Gasteiger partial charge in [-0.15, -0.1) is 0 Å². The highest BCUT2D eigenvalue weighted by Gasteiger charge is 2.19. The Balaban J connectivity index is 1.58. The molecule has 1 amide bonds. The van der Waals surface area contributed by atoms with Gasteiger partial charge in [0.15, 0.2) is 0 Å². The Bertz CT molecular complexity index is 600. The van der Waals surface area contributed by atoms with Crippen molar-refractivity contribution in [2.75, 3.05) is 5.32 Å². The minimum atomic E-state index is -0.283. The first-order valence-corrected chi connectivity index (χ1v) is 6.78. The summed E-state index contributed by atoms with van der Waals surface area (Å²) in [5.74, 6) is -0.0589. The van der Waals surface area contributed by atoms with E-state index in [9.17, 15) is 4.79 Å². The number of hydrogen-bond donors (Lipinski definition) is 2. The van der Waals surface area contributed by atoms with Crippen LogP contribution < -0.4 is 10.6 Å². The molecule has 0 atom stereocenters. The molecule has 1 fully saturated rings. The Morgan fingerprint density at radius 1 is 1.35 bits per heavy atom. The Kier molecular flexibility index (Phi) is 3.52. The van der Waals surface area contributed by atoms with Crippen LogP contribution in [0.2, 0.25) is 0 Å². The second-order valence-electron chi connectivity index (χ2n) is 5.14. The van der Waals surface area contributed by atoms with Gasteiger partial charge in [0.2, 0.25) is 5.76 Å². The fraction of sp³-hybridized carbons (Fsp3) is 0.333. The monoisotopic (exact) mass is 271 g/mol. The molecule has 1 aromatic heterocycles. The summed E-state index contributed by atoms with van der Waals surface area (Å²) in [6.45, 7) is 2.65. The van der Waals surface area contributed by atoms with E-state index < -0.39 is 0 Å². The van der Waals surface area contributed by atoms with Crippen molar-refractivity contribution in [3.05, 3.63) is 47.3 Å². The van der Waals surface area contributed by atoms with Crippen molar-refractivity contribution in [3.63, 3.8) is 0 Å². The van der Waals surface area contributed by atoms with Crippen molar-refractivity contribution < 1.29 is 9.32 Å². The first kappa shape index (κ1) is 12.9. The van der Waals surface area contributed by atoms with E-state index in [-0.39, 0.29) is 11.7 Å². The van der Waals surface area contributed by atoms with Gasteiger partial charge in [0.05, 0.1) is 5.69 Å². The standard InChI is InChI=1S/C15H17N3O2/c1-10-8-14(20-18-10)15(19)17-13-4-2-11(3-5-13)9-16-12-6-7-12/h2-5,8,12,16H,6-7,9H2,1H3,(H,17,19). The zero-order valence-electron chi connectivity index (χ0n) is 11.3. The lowest BCUT2D eigenvalue weighted by Gasteiger charge is -2.06. The maximum absolute atomic E-state index is 11.9. The van der Waals surface area contributed by atoms with Crippen molar-refractivity contribution >= 4 is 11.6 Å². The predicted octanol–water partition coefficient (Wildman–Crippen LogP) is 2.49. The molecule has 0 saturated heterocycles. The number of rotatable bonds is 5. The van der Waals surface area contributed by atoms with Crippen LogP contribution in [0.25, 0.3) is 0 Å². The van der Waals surface area contributed by atoms with Crippen molar-refractivity contribution in [1.29, 1.82) is 0 Å². The van der Waals surface area contributed by atoms with Crippen LogP contribution in [0.4, 0.5) is 5.69 Å². The minimum Gasteiger partial charge on any atom is -0.351 e. The molecule has 3 rings (SSSR count). The van der Waals surface area contributed by atoms with Crippen LogP contribution in [0.3, 0.4) is 0 Å². The lowest BCUT2D eigenvalue weighted by atomic mass is 10.2. The number of aromatic nitrogens is 1. The molecule has 1 heterocycles. The molecule has 20 heavy (non-hydrogen) atoms. The van der Waals surface area contributed by atoms with Crippen LogP contribution in [0.15, 0.2) is 34.9 Å². The number of carbonyl (C=O) groups excluding carboxylic acids is 1. The quantitative estimate of drug-likeness (QED) is 0.876. The SMILES string of the molecule is Cc1cc(C(=O)Nc2ccc(CNC3CC3)cc2)on1. The summed E-state index contributed by atoms with van der Waals surface area (Å²) in [6, 6.07) is 10.1. The first-order valence-electron chi connectivity index (χ1n) is 6.78. The van der Waals surface area contributed by atoms with Crippen LogP contribution in [0.5, 0.6) is 0 Å². The Morgan fingerprint density at radius 3 is 2.70 bits per heavy atom. The van der Waals surface area contributed by atoms with Gasteiger partial charge in [0.1, 0.15) is 0 Å². The molecule has 1 aromatic carbocycles. The predicted molar refractivity (Wildman–Crippen MR) is 75.5 cm³/mol. The zero-order chi connectivity index (χ0) is 13.9. The maximum Gasteiger partial charge on any atom is 0.294 e. The number of benzene rings is 1. The lowest BCUT2D eigenvalue weighted by molar-refractivity contribution is 0.0988. The molecule has 2 N–H and O–H groups in total. The fourth-order valence-electron chi connectivity index (χ4n) is 1.92. The van der Waals surface area contributed by atoms with Gasteiger partial charge in [0, 0.05) is 24.3 Å². The summed E-state index contributed by atoms with van der Waals surface area (Å²) in [5.41, 5.74) is 2.65. The number of amides is 1. The van der Waals surface area contributed by atoms with Gasteiger partial charge >= 0.3 is 0 Å². The van der Waals surface area contributed by atoms with Gasteiger partial charge in [0.25, 0.3) is 5.91 Å². The molecule has 2 aromatic rings. The van der Waals surface area contributed by atoms with Gasteiger partial charge < -0.3 is 15.2 Å². The molecule has 0 aliphatic heterocycles. The van der Waals surface area contributed by atoms with Crippen molar-refractivity contribution in [2.24, 2.45) is 0 Å². The van der Waals surface area contributed by atoms with E-state index in [1.54, 1.807) is 13.0 Å². The van der Waals surface area contributed by atoms with E-state index in [4.69, 9.17) is 4.52 Å². The highest BCUT2D eigenvalue weighted by Crippen LogP contribution is 2.19. The minimum absolute atomic E-state index is 0.224. The lowest BCUT2D eigenvalue weighted by Crippen LogP contribution is -2.15. The summed E-state index contributed by atoms with van der Waals surface area (Å²) in [4.78, 5) is 11.9. The summed E-state index contributed by atoms with van der Waals surface area (Å²) in [7, 11) is 0. The number of hydrogen-bond acceptors (Lipinski definition) is 4. The second kappa shape index (κ2) is 5.46.